The summed E-state index contributed by atoms with van der Waals surface area (Å²) in [5.74, 6) is -1.23. The molecule has 2 aromatic rings. The van der Waals surface area contributed by atoms with Gasteiger partial charge >= 0.3 is 0 Å². The van der Waals surface area contributed by atoms with E-state index >= 15 is 0 Å². The van der Waals surface area contributed by atoms with Crippen molar-refractivity contribution in [2.45, 2.75) is 46.1 Å². The maximum Gasteiger partial charge on any atom is 0.295 e. The SMILES string of the molecule is Cc1[nH]c(C)c(/C(O)=C2\C(=O)C(=O)N(CCN3CCCCC3)C2c2ccccc2)c1C. The van der Waals surface area contributed by atoms with E-state index < -0.39 is 17.7 Å². The van der Waals surface area contributed by atoms with E-state index in [-0.39, 0.29) is 11.3 Å². The Morgan fingerprint density at radius 1 is 1.00 bits per heavy atom. The quantitative estimate of drug-likeness (QED) is 0.437. The van der Waals surface area contributed by atoms with Crippen molar-refractivity contribution in [3.63, 3.8) is 0 Å². The normalized spacial score (nSPS) is 21.8. The van der Waals surface area contributed by atoms with Crippen LogP contribution < -0.4 is 0 Å². The van der Waals surface area contributed by atoms with Crippen LogP contribution >= 0.6 is 0 Å². The highest BCUT2D eigenvalue weighted by Gasteiger charge is 2.46. The first-order chi connectivity index (χ1) is 14.9. The number of Topliss-reactive ketones (excluding diaryl/α,β-unsaturated/α-hetero) is 1. The van der Waals surface area contributed by atoms with Gasteiger partial charge in [0.25, 0.3) is 11.7 Å². The number of aliphatic hydroxyl groups is 1. The third-order valence-electron chi connectivity index (χ3n) is 6.69. The van der Waals surface area contributed by atoms with Crippen LogP contribution in [0.25, 0.3) is 5.76 Å². The molecule has 2 N–H and O–H groups in total. The molecule has 1 aromatic heterocycles. The molecule has 2 saturated heterocycles. The summed E-state index contributed by atoms with van der Waals surface area (Å²) in [4.78, 5) is 33.5. The van der Waals surface area contributed by atoms with Gasteiger partial charge in [0.1, 0.15) is 5.76 Å². The van der Waals surface area contributed by atoms with Crippen LogP contribution in [0.5, 0.6) is 0 Å². The summed E-state index contributed by atoms with van der Waals surface area (Å²) in [5, 5.41) is 11.3. The number of rotatable bonds is 5. The molecule has 1 amide bonds. The summed E-state index contributed by atoms with van der Waals surface area (Å²) in [6.07, 6.45) is 3.60. The lowest BCUT2D eigenvalue weighted by Crippen LogP contribution is -2.39. The molecule has 0 bridgehead atoms. The average Bonchev–Trinajstić information content (AvgIpc) is 3.18. The predicted octanol–water partition coefficient (Wildman–Crippen LogP) is 3.85. The van der Waals surface area contributed by atoms with Gasteiger partial charge in [0.15, 0.2) is 0 Å². The van der Waals surface area contributed by atoms with E-state index in [1.807, 2.05) is 51.1 Å². The molecule has 6 nitrogen and oxygen atoms in total. The summed E-state index contributed by atoms with van der Waals surface area (Å²) >= 11 is 0. The predicted molar refractivity (Wildman–Crippen MR) is 121 cm³/mol. The number of hydrogen-bond donors (Lipinski definition) is 2. The van der Waals surface area contributed by atoms with Crippen LogP contribution in [-0.4, -0.2) is 57.8 Å². The van der Waals surface area contributed by atoms with E-state index in [4.69, 9.17) is 0 Å². The second-order valence-electron chi connectivity index (χ2n) is 8.68. The molecule has 31 heavy (non-hydrogen) atoms. The van der Waals surface area contributed by atoms with Crippen molar-refractivity contribution >= 4 is 17.4 Å². The molecule has 1 unspecified atom stereocenters. The molecular formula is C25H31N3O3. The summed E-state index contributed by atoms with van der Waals surface area (Å²) in [7, 11) is 0. The molecule has 0 aliphatic carbocycles. The number of ketones is 1. The van der Waals surface area contributed by atoms with Crippen molar-refractivity contribution in [2.24, 2.45) is 0 Å². The molecule has 6 heteroatoms. The number of aryl methyl sites for hydroxylation is 2. The second-order valence-corrected chi connectivity index (χ2v) is 8.68. The molecule has 0 saturated carbocycles. The Labute approximate surface area is 183 Å². The zero-order chi connectivity index (χ0) is 22.1. The Hall–Kier alpha value is -2.86. The van der Waals surface area contributed by atoms with Gasteiger partial charge in [-0.05, 0) is 57.8 Å². The van der Waals surface area contributed by atoms with Gasteiger partial charge in [-0.25, -0.2) is 0 Å². The van der Waals surface area contributed by atoms with Crippen molar-refractivity contribution < 1.29 is 14.7 Å². The van der Waals surface area contributed by atoms with E-state index in [1.165, 1.54) is 19.3 Å². The van der Waals surface area contributed by atoms with E-state index in [0.717, 1.165) is 42.1 Å². The summed E-state index contributed by atoms with van der Waals surface area (Å²) in [6, 6.07) is 8.96. The van der Waals surface area contributed by atoms with Crippen molar-refractivity contribution in [1.82, 2.24) is 14.8 Å². The van der Waals surface area contributed by atoms with Gasteiger partial charge in [0.2, 0.25) is 0 Å². The minimum atomic E-state index is -0.609. The Bertz CT molecular complexity index is 1020. The maximum absolute atomic E-state index is 13.2. The third kappa shape index (κ3) is 3.92. The molecule has 2 fully saturated rings. The Morgan fingerprint density at radius 2 is 1.68 bits per heavy atom. The van der Waals surface area contributed by atoms with Gasteiger partial charge in [0.05, 0.1) is 11.6 Å². The molecule has 1 aromatic carbocycles. The highest BCUT2D eigenvalue weighted by atomic mass is 16.3. The molecule has 1 atom stereocenters. The lowest BCUT2D eigenvalue weighted by atomic mass is 9.94. The lowest BCUT2D eigenvalue weighted by molar-refractivity contribution is -0.140. The number of hydrogen-bond acceptors (Lipinski definition) is 4. The van der Waals surface area contributed by atoms with Gasteiger partial charge in [-0.3, -0.25) is 9.59 Å². The van der Waals surface area contributed by atoms with Crippen LogP contribution in [0.15, 0.2) is 35.9 Å². The van der Waals surface area contributed by atoms with Crippen LogP contribution in [0, 0.1) is 20.8 Å². The van der Waals surface area contributed by atoms with Gasteiger partial charge in [-0.15, -0.1) is 0 Å². The number of carbonyl (C=O) groups excluding carboxylic acids is 2. The molecule has 3 heterocycles. The van der Waals surface area contributed by atoms with E-state index in [9.17, 15) is 14.7 Å². The highest BCUT2D eigenvalue weighted by molar-refractivity contribution is 6.46. The molecule has 4 rings (SSSR count). The van der Waals surface area contributed by atoms with E-state index in [0.29, 0.717) is 12.1 Å². The number of piperidine rings is 1. The molecule has 2 aliphatic rings. The number of amides is 1. The highest BCUT2D eigenvalue weighted by Crippen LogP contribution is 2.40. The van der Waals surface area contributed by atoms with Crippen molar-refractivity contribution in [3.8, 4) is 0 Å². The second kappa shape index (κ2) is 8.71. The monoisotopic (exact) mass is 421 g/mol. The maximum atomic E-state index is 13.2. The van der Waals surface area contributed by atoms with Crippen LogP contribution in [0.2, 0.25) is 0 Å². The molecule has 164 valence electrons. The van der Waals surface area contributed by atoms with E-state index in [1.54, 1.807) is 4.90 Å². The number of H-pyrrole nitrogens is 1. The van der Waals surface area contributed by atoms with Gasteiger partial charge < -0.3 is 19.9 Å². The molecule has 0 spiro atoms. The Balaban J connectivity index is 1.76. The number of likely N-dealkylation sites (tertiary alicyclic amines) is 2. The Kier molecular flexibility index (Phi) is 6.01. The van der Waals surface area contributed by atoms with Crippen molar-refractivity contribution in [2.75, 3.05) is 26.2 Å². The number of benzene rings is 1. The molecule has 2 aliphatic heterocycles. The fourth-order valence-corrected chi connectivity index (χ4v) is 4.92. The van der Waals surface area contributed by atoms with Crippen molar-refractivity contribution in [1.29, 1.82) is 0 Å². The molecule has 0 radical (unpaired) electrons. The topological polar surface area (TPSA) is 76.6 Å². The minimum Gasteiger partial charge on any atom is -0.507 e. The number of aromatic nitrogens is 1. The zero-order valence-corrected chi connectivity index (χ0v) is 18.6. The smallest absolute Gasteiger partial charge is 0.295 e. The standard InChI is InChI=1S/C25H31N3O3/c1-16-17(2)26-18(3)20(16)23(29)21-22(19-10-6-4-7-11-19)28(25(31)24(21)30)15-14-27-12-8-5-9-13-27/h4,6-7,10-11,22,26,29H,5,8-9,12-15H2,1-3H3/b23-21+. The number of carbonyl (C=O) groups is 2. The van der Waals surface area contributed by atoms with Gasteiger partial charge in [0, 0.05) is 30.0 Å². The summed E-state index contributed by atoms with van der Waals surface area (Å²) in [5.41, 5.74) is 4.26. The van der Waals surface area contributed by atoms with E-state index in [2.05, 4.69) is 9.88 Å². The summed E-state index contributed by atoms with van der Waals surface area (Å²) in [6.45, 7) is 8.98. The number of aromatic amines is 1. The Morgan fingerprint density at radius 3 is 2.29 bits per heavy atom. The first kappa shape index (κ1) is 21.4. The lowest BCUT2D eigenvalue weighted by Gasteiger charge is -2.31. The van der Waals surface area contributed by atoms with Gasteiger partial charge in [-0.2, -0.15) is 0 Å². The molecular weight excluding hydrogens is 390 g/mol. The first-order valence-corrected chi connectivity index (χ1v) is 11.1. The van der Waals surface area contributed by atoms with Crippen LogP contribution in [0.3, 0.4) is 0 Å². The third-order valence-corrected chi connectivity index (χ3v) is 6.69. The number of nitrogens with zero attached hydrogens (tertiary/aromatic N) is 2. The fourth-order valence-electron chi connectivity index (χ4n) is 4.92. The fraction of sp³-hybridized carbons (Fsp3) is 0.440. The average molecular weight is 422 g/mol. The minimum absolute atomic E-state index is 0.0907. The van der Waals surface area contributed by atoms with Crippen LogP contribution in [0.4, 0.5) is 0 Å². The number of aliphatic hydroxyl groups excluding tert-OH is 1. The number of nitrogens with one attached hydrogen (secondary N) is 1. The zero-order valence-electron chi connectivity index (χ0n) is 18.6. The van der Waals surface area contributed by atoms with Gasteiger partial charge in [-0.1, -0.05) is 36.8 Å². The largest absolute Gasteiger partial charge is 0.507 e. The first-order valence-electron chi connectivity index (χ1n) is 11.1. The van der Waals surface area contributed by atoms with Crippen LogP contribution in [0.1, 0.15) is 53.4 Å². The van der Waals surface area contributed by atoms with Crippen LogP contribution in [-0.2, 0) is 9.59 Å². The summed E-state index contributed by atoms with van der Waals surface area (Å²) < 4.78 is 0. The van der Waals surface area contributed by atoms with Crippen molar-refractivity contribution in [3.05, 3.63) is 64.0 Å².